The number of aromatic nitrogens is 2. The Bertz CT molecular complexity index is 1510. The highest BCUT2D eigenvalue weighted by molar-refractivity contribution is 7.99. The summed E-state index contributed by atoms with van der Waals surface area (Å²) in [5.74, 6) is -0.164. The summed E-state index contributed by atoms with van der Waals surface area (Å²) >= 11 is 2.87. The predicted molar refractivity (Wildman–Crippen MR) is 153 cm³/mol. The van der Waals surface area contributed by atoms with Gasteiger partial charge in [0, 0.05) is 4.88 Å². The number of hydrogen-bond acceptors (Lipinski definition) is 6. The third-order valence-electron chi connectivity index (χ3n) is 6.48. The maximum atomic E-state index is 13.7. The van der Waals surface area contributed by atoms with E-state index in [1.807, 2.05) is 42.5 Å². The van der Waals surface area contributed by atoms with Crippen LogP contribution in [0.4, 0.5) is 0 Å². The lowest BCUT2D eigenvalue weighted by Gasteiger charge is -2.18. The minimum Gasteiger partial charge on any atom is -0.272 e. The Labute approximate surface area is 224 Å². The highest BCUT2D eigenvalue weighted by Gasteiger charge is 2.23. The van der Waals surface area contributed by atoms with E-state index in [4.69, 9.17) is 4.98 Å². The molecule has 1 amide bonds. The summed E-state index contributed by atoms with van der Waals surface area (Å²) in [4.78, 5) is 33.2. The SMILES string of the molecule is CC(C)(C)c1ccc(/C=N\NC(=O)CSc2nc3sc4c(c3c(=O)n2-c2ccccc2)CCCC4)cc1. The highest BCUT2D eigenvalue weighted by atomic mass is 32.2. The second kappa shape index (κ2) is 10.6. The molecule has 5 rings (SSSR count). The number of nitrogens with one attached hydrogen (secondary N) is 1. The first-order chi connectivity index (χ1) is 17.8. The molecule has 2 aromatic carbocycles. The Morgan fingerprint density at radius 1 is 1.11 bits per heavy atom. The standard InChI is InChI=1S/C29H30N4O2S2/c1-29(2,3)20-15-13-19(14-16-20)17-30-32-24(34)18-36-28-31-26-25(22-11-7-8-12-23(22)37-26)27(35)33(28)21-9-5-4-6-10-21/h4-6,9-10,13-17H,7-8,11-12,18H2,1-3H3,(H,32,34)/b30-17-. The van der Waals surface area contributed by atoms with Crippen molar-refractivity contribution in [1.29, 1.82) is 0 Å². The molecular weight excluding hydrogens is 500 g/mol. The van der Waals surface area contributed by atoms with Crippen molar-refractivity contribution in [2.24, 2.45) is 5.10 Å². The van der Waals surface area contributed by atoms with Crippen molar-refractivity contribution in [3.8, 4) is 5.69 Å². The Balaban J connectivity index is 1.35. The van der Waals surface area contributed by atoms with Crippen LogP contribution in [0.3, 0.4) is 0 Å². The van der Waals surface area contributed by atoms with Gasteiger partial charge in [0.1, 0.15) is 4.83 Å². The van der Waals surface area contributed by atoms with E-state index in [0.29, 0.717) is 5.16 Å². The average molecular weight is 531 g/mol. The summed E-state index contributed by atoms with van der Waals surface area (Å²) in [5, 5.41) is 5.36. The van der Waals surface area contributed by atoms with E-state index in [1.54, 1.807) is 22.1 Å². The van der Waals surface area contributed by atoms with Crippen LogP contribution in [0, 0.1) is 0 Å². The number of thioether (sulfide) groups is 1. The number of carbonyl (C=O) groups is 1. The highest BCUT2D eigenvalue weighted by Crippen LogP contribution is 2.35. The summed E-state index contributed by atoms with van der Waals surface area (Å²) < 4.78 is 1.64. The number of carbonyl (C=O) groups excluding carboxylic acids is 1. The van der Waals surface area contributed by atoms with Gasteiger partial charge in [-0.2, -0.15) is 5.10 Å². The molecule has 8 heteroatoms. The number of aryl methyl sites for hydroxylation is 2. The Hall–Kier alpha value is -3.23. The topological polar surface area (TPSA) is 76.3 Å². The predicted octanol–water partition coefficient (Wildman–Crippen LogP) is 5.87. The molecule has 6 nitrogen and oxygen atoms in total. The molecule has 0 aliphatic heterocycles. The lowest BCUT2D eigenvalue weighted by Crippen LogP contribution is -2.24. The number of amides is 1. The van der Waals surface area contributed by atoms with Gasteiger partial charge in [-0.25, -0.2) is 10.4 Å². The fourth-order valence-electron chi connectivity index (χ4n) is 4.50. The van der Waals surface area contributed by atoms with E-state index >= 15 is 0 Å². The van der Waals surface area contributed by atoms with Crippen LogP contribution in [0.1, 0.15) is 55.2 Å². The van der Waals surface area contributed by atoms with Crippen molar-refractivity contribution in [3.63, 3.8) is 0 Å². The first-order valence-corrected chi connectivity index (χ1v) is 14.3. The Kier molecular flexibility index (Phi) is 7.31. The molecule has 2 heterocycles. The van der Waals surface area contributed by atoms with Crippen LogP contribution in [-0.4, -0.2) is 27.4 Å². The average Bonchev–Trinajstić information content (AvgIpc) is 3.26. The van der Waals surface area contributed by atoms with Gasteiger partial charge in [0.05, 0.1) is 23.0 Å². The molecule has 0 saturated carbocycles. The largest absolute Gasteiger partial charge is 0.272 e. The summed E-state index contributed by atoms with van der Waals surface area (Å²) in [6, 6.07) is 17.6. The lowest BCUT2D eigenvalue weighted by molar-refractivity contribution is -0.118. The molecule has 1 aliphatic carbocycles. The zero-order valence-corrected chi connectivity index (χ0v) is 22.9. The maximum absolute atomic E-state index is 13.7. The van der Waals surface area contributed by atoms with Crippen LogP contribution in [0.5, 0.6) is 0 Å². The normalized spacial score (nSPS) is 13.7. The van der Waals surface area contributed by atoms with E-state index in [-0.39, 0.29) is 22.6 Å². The van der Waals surface area contributed by atoms with E-state index in [1.165, 1.54) is 22.2 Å². The number of benzene rings is 2. The molecule has 0 saturated heterocycles. The van der Waals surface area contributed by atoms with Crippen LogP contribution in [-0.2, 0) is 23.1 Å². The quantitative estimate of drug-likeness (QED) is 0.146. The summed E-state index contributed by atoms with van der Waals surface area (Å²) in [5.41, 5.74) is 6.68. The van der Waals surface area contributed by atoms with Gasteiger partial charge >= 0.3 is 0 Å². The molecule has 4 aromatic rings. The fourth-order valence-corrected chi connectivity index (χ4v) is 6.61. The number of fused-ring (bicyclic) bond motifs is 3. The first kappa shape index (κ1) is 25.4. The van der Waals surface area contributed by atoms with E-state index in [0.717, 1.165) is 52.7 Å². The molecule has 0 spiro atoms. The van der Waals surface area contributed by atoms with Crippen LogP contribution in [0.25, 0.3) is 15.9 Å². The first-order valence-electron chi connectivity index (χ1n) is 12.5. The molecular formula is C29H30N4O2S2. The molecule has 0 unspecified atom stereocenters. The molecule has 0 radical (unpaired) electrons. The summed E-state index contributed by atoms with van der Waals surface area (Å²) in [7, 11) is 0. The van der Waals surface area contributed by atoms with Crippen molar-refractivity contribution < 1.29 is 4.79 Å². The molecule has 37 heavy (non-hydrogen) atoms. The van der Waals surface area contributed by atoms with Gasteiger partial charge in [-0.15, -0.1) is 11.3 Å². The van der Waals surface area contributed by atoms with Crippen LogP contribution >= 0.6 is 23.1 Å². The van der Waals surface area contributed by atoms with E-state index < -0.39 is 0 Å². The summed E-state index contributed by atoms with van der Waals surface area (Å²) in [6.07, 6.45) is 5.81. The van der Waals surface area contributed by atoms with Crippen molar-refractivity contribution in [3.05, 3.63) is 86.5 Å². The van der Waals surface area contributed by atoms with Crippen molar-refractivity contribution in [2.75, 3.05) is 5.75 Å². The smallest absolute Gasteiger partial charge is 0.267 e. The van der Waals surface area contributed by atoms with Gasteiger partial charge in [0.2, 0.25) is 0 Å². The number of hydrazone groups is 1. The van der Waals surface area contributed by atoms with Gasteiger partial charge in [0.15, 0.2) is 5.16 Å². The molecule has 0 bridgehead atoms. The molecule has 0 fully saturated rings. The minimum absolute atomic E-state index is 0.0600. The van der Waals surface area contributed by atoms with Crippen molar-refractivity contribution in [2.45, 2.75) is 57.0 Å². The summed E-state index contributed by atoms with van der Waals surface area (Å²) in [6.45, 7) is 6.51. The van der Waals surface area contributed by atoms with Crippen LogP contribution in [0.2, 0.25) is 0 Å². The number of hydrogen-bond donors (Lipinski definition) is 1. The zero-order valence-electron chi connectivity index (χ0n) is 21.3. The zero-order chi connectivity index (χ0) is 26.0. The van der Waals surface area contributed by atoms with E-state index in [2.05, 4.69) is 43.4 Å². The third kappa shape index (κ3) is 5.55. The number of nitrogens with zero attached hydrogens (tertiary/aromatic N) is 3. The number of thiophene rings is 1. The van der Waals surface area contributed by atoms with Crippen molar-refractivity contribution >= 4 is 45.4 Å². The van der Waals surface area contributed by atoms with Gasteiger partial charge in [-0.1, -0.05) is 75.0 Å². The Morgan fingerprint density at radius 3 is 2.57 bits per heavy atom. The van der Waals surface area contributed by atoms with Gasteiger partial charge < -0.3 is 0 Å². The van der Waals surface area contributed by atoms with E-state index in [9.17, 15) is 9.59 Å². The maximum Gasteiger partial charge on any atom is 0.267 e. The second-order valence-electron chi connectivity index (χ2n) is 10.2. The van der Waals surface area contributed by atoms with Crippen molar-refractivity contribution in [1.82, 2.24) is 15.0 Å². The number of rotatable bonds is 6. The van der Waals surface area contributed by atoms with Crippen LogP contribution < -0.4 is 11.0 Å². The molecule has 0 atom stereocenters. The fraction of sp³-hybridized carbons (Fsp3) is 0.310. The molecule has 2 aromatic heterocycles. The second-order valence-corrected chi connectivity index (χ2v) is 12.2. The molecule has 1 aliphatic rings. The number of para-hydroxylation sites is 1. The monoisotopic (exact) mass is 530 g/mol. The molecule has 1 N–H and O–H groups in total. The Morgan fingerprint density at radius 2 is 1.84 bits per heavy atom. The lowest BCUT2D eigenvalue weighted by atomic mass is 9.87. The van der Waals surface area contributed by atoms with Gasteiger partial charge in [-0.3, -0.25) is 14.2 Å². The van der Waals surface area contributed by atoms with Gasteiger partial charge in [0.25, 0.3) is 11.5 Å². The minimum atomic E-state index is -0.257. The van der Waals surface area contributed by atoms with Crippen LogP contribution in [0.15, 0.2) is 69.6 Å². The molecule has 190 valence electrons. The van der Waals surface area contributed by atoms with Gasteiger partial charge in [-0.05, 0) is 59.9 Å². The third-order valence-corrected chi connectivity index (χ3v) is 8.61.